The van der Waals surface area contributed by atoms with Gasteiger partial charge in [-0.2, -0.15) is 8.42 Å². The molecule has 2 saturated carbocycles. The first kappa shape index (κ1) is 52.6. The molecule has 20 nitrogen and oxygen atoms in total. The van der Waals surface area contributed by atoms with Crippen molar-refractivity contribution in [1.82, 2.24) is 15.5 Å². The molecule has 7 unspecified atom stereocenters. The fourth-order valence-electron chi connectivity index (χ4n) is 9.80. The van der Waals surface area contributed by atoms with Gasteiger partial charge in [0, 0.05) is 45.3 Å². The lowest BCUT2D eigenvalue weighted by Crippen LogP contribution is -2.67. The number of Topliss-reactive ketones (excluding diaryl/α,β-unsaturated/α-hetero) is 1. The SMILES string of the molecule is CCC(CC(=O)NCCCC(=O)C1C[C@@H](CC)C(O[C@@H]2OC(C)[C@@H](O)[C@H](O)C2O)[C@H](O[C@@H]2O[C@@H](CO)[C@H](O)C(O[C@@H](CC3CCCCC3)C(=O)N3CCC3)C2NC(C)=O)C1)S(=O)(=O)O. The maximum Gasteiger partial charge on any atom is 0.268 e. The van der Waals surface area contributed by atoms with Gasteiger partial charge in [0.05, 0.1) is 30.2 Å². The molecule has 2 aliphatic carbocycles. The van der Waals surface area contributed by atoms with Gasteiger partial charge in [-0.1, -0.05) is 52.4 Å². The second kappa shape index (κ2) is 24.0. The van der Waals surface area contributed by atoms with E-state index in [1.54, 1.807) is 4.90 Å². The number of carbonyl (C=O) groups excluding carboxylic acids is 4. The van der Waals surface area contributed by atoms with Gasteiger partial charge in [-0.3, -0.25) is 23.7 Å². The Bertz CT molecular complexity index is 1650. The van der Waals surface area contributed by atoms with Gasteiger partial charge in [0.2, 0.25) is 11.8 Å². The van der Waals surface area contributed by atoms with E-state index in [0.29, 0.717) is 32.4 Å². The Balaban J connectivity index is 1.40. The summed E-state index contributed by atoms with van der Waals surface area (Å²) in [5, 5.41) is 58.4. The molecule has 5 aliphatic rings. The molecule has 368 valence electrons. The third-order valence-electron chi connectivity index (χ3n) is 13.8. The zero-order valence-electron chi connectivity index (χ0n) is 37.6. The van der Waals surface area contributed by atoms with Crippen molar-refractivity contribution in [2.24, 2.45) is 17.8 Å². The van der Waals surface area contributed by atoms with Crippen LogP contribution in [0, 0.1) is 17.8 Å². The summed E-state index contributed by atoms with van der Waals surface area (Å²) in [5.41, 5.74) is 0. The number of hydrogen-bond donors (Lipinski definition) is 8. The molecule has 0 spiro atoms. The predicted molar refractivity (Wildman–Crippen MR) is 227 cm³/mol. The average molecular weight is 936 g/mol. The monoisotopic (exact) mass is 935 g/mol. The second-order valence-electron chi connectivity index (χ2n) is 18.4. The number of ether oxygens (including phenoxy) is 5. The molecule has 8 N–H and O–H groups in total. The highest BCUT2D eigenvalue weighted by molar-refractivity contribution is 7.86. The van der Waals surface area contributed by atoms with Gasteiger partial charge in [0.1, 0.15) is 54.6 Å². The smallest absolute Gasteiger partial charge is 0.268 e. The molecule has 0 aromatic carbocycles. The number of ketones is 1. The van der Waals surface area contributed by atoms with Crippen molar-refractivity contribution in [2.45, 2.75) is 202 Å². The fourth-order valence-corrected chi connectivity index (χ4v) is 10.6. The maximum atomic E-state index is 13.9. The van der Waals surface area contributed by atoms with E-state index in [2.05, 4.69) is 10.6 Å². The Hall–Kier alpha value is -2.41. The third kappa shape index (κ3) is 13.6. The minimum Gasteiger partial charge on any atom is -0.394 e. The van der Waals surface area contributed by atoms with Crippen molar-refractivity contribution in [3.05, 3.63) is 0 Å². The van der Waals surface area contributed by atoms with Crippen LogP contribution in [-0.2, 0) is 53.0 Å². The highest BCUT2D eigenvalue weighted by Gasteiger charge is 2.53. The molecule has 0 aromatic heterocycles. The van der Waals surface area contributed by atoms with Gasteiger partial charge in [0.15, 0.2) is 12.6 Å². The minimum absolute atomic E-state index is 0.0186. The standard InChI is InChI=1S/C43H73N3O17S/c1-5-26-19-27(29(49)14-10-15-44-33(50)21-28(6-2)64(56,57)58)20-30(39(26)63-43-38(54)37(53)35(51)23(3)59-43)61-42-34(45-24(4)48)40(36(52)32(22-47)62-42)60-31(41(55)46-16-11-17-46)18-25-12-8-7-9-13-25/h23,25-28,30-32,34-40,42-43,47,51-54H,5-22H2,1-4H3,(H,44,50)(H,45,48)(H,56,57,58)/t23?,26-,27?,28?,30-,31+,32+,34?,35-,36+,37+,38?,39?,40?,42-,43+/m1/s1. The summed E-state index contributed by atoms with van der Waals surface area (Å²) < 4.78 is 64.4. The lowest BCUT2D eigenvalue weighted by Gasteiger charge is -2.49. The topological polar surface area (TPSA) is 297 Å². The van der Waals surface area contributed by atoms with Crippen molar-refractivity contribution in [2.75, 3.05) is 26.2 Å². The van der Waals surface area contributed by atoms with Gasteiger partial charge >= 0.3 is 0 Å². The van der Waals surface area contributed by atoms with Gasteiger partial charge in [0.25, 0.3) is 16.0 Å². The number of nitrogens with zero attached hydrogens (tertiary/aromatic N) is 1. The van der Waals surface area contributed by atoms with E-state index >= 15 is 0 Å². The van der Waals surface area contributed by atoms with E-state index in [4.69, 9.17) is 23.7 Å². The summed E-state index contributed by atoms with van der Waals surface area (Å²) in [7, 11) is -4.41. The van der Waals surface area contributed by atoms with E-state index in [1.807, 2.05) is 6.92 Å². The van der Waals surface area contributed by atoms with Crippen LogP contribution in [0.4, 0.5) is 0 Å². The molecule has 5 fully saturated rings. The average Bonchev–Trinajstić information content (AvgIpc) is 3.23. The maximum absolute atomic E-state index is 13.9. The first-order valence-corrected chi connectivity index (χ1v) is 24.8. The predicted octanol–water partition coefficient (Wildman–Crippen LogP) is 0.0818. The molecule has 5 rings (SSSR count). The van der Waals surface area contributed by atoms with E-state index in [-0.39, 0.29) is 49.8 Å². The number of aliphatic hydroxyl groups excluding tert-OH is 5. The van der Waals surface area contributed by atoms with Crippen LogP contribution in [0.1, 0.15) is 118 Å². The summed E-state index contributed by atoms with van der Waals surface area (Å²) in [6.45, 7) is 6.70. The number of carbonyl (C=O) groups is 4. The molecule has 0 aromatic rings. The van der Waals surface area contributed by atoms with Gasteiger partial charge in [-0.15, -0.1) is 0 Å². The van der Waals surface area contributed by atoms with Crippen molar-refractivity contribution in [1.29, 1.82) is 0 Å². The van der Waals surface area contributed by atoms with E-state index < -0.39 is 132 Å². The van der Waals surface area contributed by atoms with Crippen LogP contribution in [0.3, 0.4) is 0 Å². The summed E-state index contributed by atoms with van der Waals surface area (Å²) in [6, 6.07) is -1.24. The van der Waals surface area contributed by atoms with Crippen molar-refractivity contribution in [3.63, 3.8) is 0 Å². The van der Waals surface area contributed by atoms with E-state index in [1.165, 1.54) is 20.8 Å². The molecule has 0 bridgehead atoms. The number of hydrogen-bond acceptors (Lipinski definition) is 16. The highest BCUT2D eigenvalue weighted by Crippen LogP contribution is 2.40. The van der Waals surface area contributed by atoms with Crippen molar-refractivity contribution < 1.29 is 81.4 Å². The highest BCUT2D eigenvalue weighted by atomic mass is 32.2. The first-order valence-electron chi connectivity index (χ1n) is 23.3. The summed E-state index contributed by atoms with van der Waals surface area (Å²) >= 11 is 0. The Morgan fingerprint density at radius 3 is 2.17 bits per heavy atom. The summed E-state index contributed by atoms with van der Waals surface area (Å²) in [6.07, 6.45) is -8.71. The molecule has 64 heavy (non-hydrogen) atoms. The van der Waals surface area contributed by atoms with Crippen LogP contribution < -0.4 is 10.6 Å². The lowest BCUT2D eigenvalue weighted by atomic mass is 9.74. The first-order chi connectivity index (χ1) is 30.4. The number of likely N-dealkylation sites (tertiary alicyclic amines) is 1. The number of nitrogens with one attached hydrogen (secondary N) is 2. The summed E-state index contributed by atoms with van der Waals surface area (Å²) in [5.74, 6) is -2.39. The Morgan fingerprint density at radius 2 is 1.58 bits per heavy atom. The third-order valence-corrected chi connectivity index (χ3v) is 15.1. The zero-order chi connectivity index (χ0) is 46.9. The number of aliphatic hydroxyl groups is 5. The van der Waals surface area contributed by atoms with Gasteiger partial charge < -0.3 is 64.8 Å². The second-order valence-corrected chi connectivity index (χ2v) is 20.1. The Kier molecular flexibility index (Phi) is 19.7. The number of rotatable bonds is 21. The Morgan fingerprint density at radius 1 is 0.875 bits per heavy atom. The van der Waals surface area contributed by atoms with Crippen LogP contribution in [0.5, 0.6) is 0 Å². The Labute approximate surface area is 376 Å². The van der Waals surface area contributed by atoms with Gasteiger partial charge in [-0.25, -0.2) is 0 Å². The van der Waals surface area contributed by atoms with Crippen LogP contribution in [0.15, 0.2) is 0 Å². The molecule has 16 atom stereocenters. The van der Waals surface area contributed by atoms with Crippen LogP contribution in [0.2, 0.25) is 0 Å². The number of amides is 3. The van der Waals surface area contributed by atoms with Crippen LogP contribution in [0.25, 0.3) is 0 Å². The van der Waals surface area contributed by atoms with Crippen LogP contribution in [-0.4, -0.2) is 178 Å². The van der Waals surface area contributed by atoms with Crippen molar-refractivity contribution >= 4 is 33.6 Å². The molecule has 0 radical (unpaired) electrons. The zero-order valence-corrected chi connectivity index (χ0v) is 38.4. The minimum atomic E-state index is -4.41. The van der Waals surface area contributed by atoms with Crippen molar-refractivity contribution in [3.8, 4) is 0 Å². The summed E-state index contributed by atoms with van der Waals surface area (Å²) in [4.78, 5) is 54.9. The molecule has 21 heteroatoms. The molecule has 3 amide bonds. The molecular weight excluding hydrogens is 863 g/mol. The quantitative estimate of drug-likeness (QED) is 0.0559. The van der Waals surface area contributed by atoms with Gasteiger partial charge in [-0.05, 0) is 57.3 Å². The lowest BCUT2D eigenvalue weighted by molar-refractivity contribution is -0.338. The molecule has 3 aliphatic heterocycles. The molecular formula is C43H73N3O17S. The normalized spacial score (nSPS) is 36.1. The fraction of sp³-hybridized carbons (Fsp3) is 0.907. The van der Waals surface area contributed by atoms with Crippen LogP contribution >= 0.6 is 0 Å². The molecule has 3 heterocycles. The molecule has 3 saturated heterocycles. The van der Waals surface area contributed by atoms with E-state index in [0.717, 1.165) is 38.5 Å². The largest absolute Gasteiger partial charge is 0.394 e. The van der Waals surface area contributed by atoms with E-state index in [9.17, 15) is 57.7 Å².